The molecule has 1 amide bonds. The number of hydrogen-bond acceptors (Lipinski definition) is 5. The fourth-order valence-electron chi connectivity index (χ4n) is 2.76. The summed E-state index contributed by atoms with van der Waals surface area (Å²) in [5.74, 6) is 2.45. The van der Waals surface area contributed by atoms with Gasteiger partial charge in [0.25, 0.3) is 0 Å². The third-order valence-corrected chi connectivity index (χ3v) is 4.05. The van der Waals surface area contributed by atoms with E-state index in [1.165, 1.54) is 6.08 Å². The molecule has 1 N–H and O–H groups in total. The summed E-state index contributed by atoms with van der Waals surface area (Å²) in [6, 6.07) is 13.1. The molecule has 2 heterocycles. The Morgan fingerprint density at radius 3 is 2.96 bits per heavy atom. The Hall–Kier alpha value is -3.41. The van der Waals surface area contributed by atoms with Gasteiger partial charge in [-0.1, -0.05) is 18.2 Å². The minimum absolute atomic E-state index is 0.213. The van der Waals surface area contributed by atoms with Gasteiger partial charge in [0.05, 0.1) is 7.11 Å². The van der Waals surface area contributed by atoms with Gasteiger partial charge in [-0.05, 0) is 35.9 Å². The first kappa shape index (κ1) is 16.1. The molecule has 0 atom stereocenters. The zero-order valence-electron chi connectivity index (χ0n) is 14.2. The van der Waals surface area contributed by atoms with Gasteiger partial charge in [-0.15, -0.1) is 0 Å². The molecule has 0 fully saturated rings. The Labute approximate surface area is 150 Å². The summed E-state index contributed by atoms with van der Waals surface area (Å²) in [4.78, 5) is 12.0. The summed E-state index contributed by atoms with van der Waals surface area (Å²) < 4.78 is 21.6. The molecule has 6 nitrogen and oxygen atoms in total. The Morgan fingerprint density at radius 2 is 2.08 bits per heavy atom. The van der Waals surface area contributed by atoms with Crippen LogP contribution in [-0.2, 0) is 11.3 Å². The first-order valence-electron chi connectivity index (χ1n) is 8.14. The molecule has 1 aromatic heterocycles. The van der Waals surface area contributed by atoms with E-state index < -0.39 is 0 Å². The van der Waals surface area contributed by atoms with Crippen LogP contribution in [0.2, 0.25) is 0 Å². The van der Waals surface area contributed by atoms with Crippen LogP contribution in [0.15, 0.2) is 53.0 Å². The predicted molar refractivity (Wildman–Crippen MR) is 96.2 cm³/mol. The average Bonchev–Trinajstić information content (AvgIpc) is 3.30. The lowest BCUT2D eigenvalue weighted by molar-refractivity contribution is -0.116. The molecule has 0 saturated heterocycles. The summed E-state index contributed by atoms with van der Waals surface area (Å²) in [5, 5.41) is 3.75. The van der Waals surface area contributed by atoms with E-state index in [2.05, 4.69) is 5.32 Å². The van der Waals surface area contributed by atoms with Crippen LogP contribution in [-0.4, -0.2) is 19.8 Å². The molecule has 4 rings (SSSR count). The van der Waals surface area contributed by atoms with Crippen LogP contribution in [0.4, 0.5) is 0 Å². The SMILES string of the molecule is COc1cccc2cc(/C=C/C(=O)NCc3ccc4c(c3)OCO4)oc12. The number of para-hydroxylation sites is 1. The fourth-order valence-corrected chi connectivity index (χ4v) is 2.76. The van der Waals surface area contributed by atoms with Crippen LogP contribution < -0.4 is 19.5 Å². The smallest absolute Gasteiger partial charge is 0.244 e. The number of ether oxygens (including phenoxy) is 3. The number of methoxy groups -OCH3 is 1. The molecule has 0 saturated carbocycles. The second kappa shape index (κ2) is 6.84. The van der Waals surface area contributed by atoms with Gasteiger partial charge in [0, 0.05) is 18.0 Å². The highest BCUT2D eigenvalue weighted by molar-refractivity contribution is 5.92. The third kappa shape index (κ3) is 3.21. The van der Waals surface area contributed by atoms with E-state index >= 15 is 0 Å². The van der Waals surface area contributed by atoms with Crippen molar-refractivity contribution in [3.05, 3.63) is 59.9 Å². The second-order valence-electron chi connectivity index (χ2n) is 5.77. The highest BCUT2D eigenvalue weighted by Crippen LogP contribution is 2.32. The molecule has 0 spiro atoms. The van der Waals surface area contributed by atoms with Gasteiger partial charge in [-0.2, -0.15) is 0 Å². The predicted octanol–water partition coefficient (Wildman–Crippen LogP) is 3.50. The zero-order chi connectivity index (χ0) is 17.9. The van der Waals surface area contributed by atoms with E-state index in [0.29, 0.717) is 29.4 Å². The molecular weight excluding hydrogens is 334 g/mol. The highest BCUT2D eigenvalue weighted by atomic mass is 16.7. The maximum atomic E-state index is 12.0. The van der Waals surface area contributed by atoms with Gasteiger partial charge in [0.15, 0.2) is 22.8 Å². The standard InChI is InChI=1S/C20H17NO5/c1-23-17-4-2-3-14-10-15(26-20(14)17)6-8-19(22)21-11-13-5-7-16-18(9-13)25-12-24-16/h2-10H,11-12H2,1H3,(H,21,22)/b8-6+. The van der Waals surface area contributed by atoms with E-state index in [4.69, 9.17) is 18.6 Å². The van der Waals surface area contributed by atoms with E-state index in [1.807, 2.05) is 42.5 Å². The van der Waals surface area contributed by atoms with Gasteiger partial charge in [-0.3, -0.25) is 4.79 Å². The molecule has 0 radical (unpaired) electrons. The molecule has 132 valence electrons. The molecule has 0 aliphatic carbocycles. The molecule has 1 aliphatic rings. The molecule has 0 bridgehead atoms. The lowest BCUT2D eigenvalue weighted by atomic mass is 10.2. The third-order valence-electron chi connectivity index (χ3n) is 4.05. The Morgan fingerprint density at radius 1 is 1.19 bits per heavy atom. The average molecular weight is 351 g/mol. The molecule has 2 aromatic carbocycles. The lowest BCUT2D eigenvalue weighted by Crippen LogP contribution is -2.20. The molecular formula is C20H17NO5. The van der Waals surface area contributed by atoms with Crippen LogP contribution >= 0.6 is 0 Å². The minimum Gasteiger partial charge on any atom is -0.493 e. The maximum Gasteiger partial charge on any atom is 0.244 e. The van der Waals surface area contributed by atoms with Crippen molar-refractivity contribution >= 4 is 23.0 Å². The Bertz CT molecular complexity index is 989. The van der Waals surface area contributed by atoms with Crippen molar-refractivity contribution in [3.8, 4) is 17.2 Å². The first-order valence-corrected chi connectivity index (χ1v) is 8.14. The van der Waals surface area contributed by atoms with Crippen molar-refractivity contribution in [2.45, 2.75) is 6.54 Å². The number of rotatable bonds is 5. The molecule has 0 unspecified atom stereocenters. The van der Waals surface area contributed by atoms with Crippen molar-refractivity contribution in [1.29, 1.82) is 0 Å². The van der Waals surface area contributed by atoms with Crippen LogP contribution in [0.5, 0.6) is 17.2 Å². The zero-order valence-corrected chi connectivity index (χ0v) is 14.2. The number of amides is 1. The van der Waals surface area contributed by atoms with Crippen molar-refractivity contribution in [3.63, 3.8) is 0 Å². The highest BCUT2D eigenvalue weighted by Gasteiger charge is 2.13. The minimum atomic E-state index is -0.213. The summed E-state index contributed by atoms with van der Waals surface area (Å²) in [7, 11) is 1.59. The summed E-state index contributed by atoms with van der Waals surface area (Å²) >= 11 is 0. The van der Waals surface area contributed by atoms with Gasteiger partial charge in [0.1, 0.15) is 5.76 Å². The van der Waals surface area contributed by atoms with Gasteiger partial charge < -0.3 is 23.9 Å². The van der Waals surface area contributed by atoms with E-state index in [0.717, 1.165) is 16.7 Å². The van der Waals surface area contributed by atoms with Gasteiger partial charge in [-0.25, -0.2) is 0 Å². The van der Waals surface area contributed by atoms with Gasteiger partial charge in [0.2, 0.25) is 12.7 Å². The number of benzene rings is 2. The maximum absolute atomic E-state index is 12.0. The number of carbonyl (C=O) groups is 1. The molecule has 1 aliphatic heterocycles. The molecule has 6 heteroatoms. The summed E-state index contributed by atoms with van der Waals surface area (Å²) in [6.07, 6.45) is 3.07. The van der Waals surface area contributed by atoms with Crippen molar-refractivity contribution in [1.82, 2.24) is 5.32 Å². The van der Waals surface area contributed by atoms with E-state index in [9.17, 15) is 4.79 Å². The van der Waals surface area contributed by atoms with Crippen molar-refractivity contribution in [2.24, 2.45) is 0 Å². The quantitative estimate of drug-likeness (QED) is 0.713. The molecule has 26 heavy (non-hydrogen) atoms. The number of hydrogen-bond donors (Lipinski definition) is 1. The number of fused-ring (bicyclic) bond motifs is 2. The van der Waals surface area contributed by atoms with Crippen LogP contribution in [0.25, 0.3) is 17.0 Å². The summed E-state index contributed by atoms with van der Waals surface area (Å²) in [6.45, 7) is 0.629. The first-order chi connectivity index (χ1) is 12.7. The summed E-state index contributed by atoms with van der Waals surface area (Å²) in [5.41, 5.74) is 1.60. The van der Waals surface area contributed by atoms with Crippen LogP contribution in [0, 0.1) is 0 Å². The second-order valence-corrected chi connectivity index (χ2v) is 5.77. The van der Waals surface area contributed by atoms with Gasteiger partial charge >= 0.3 is 0 Å². The Kier molecular flexibility index (Phi) is 4.23. The monoisotopic (exact) mass is 351 g/mol. The molecule has 3 aromatic rings. The number of carbonyl (C=O) groups excluding carboxylic acids is 1. The van der Waals surface area contributed by atoms with Crippen LogP contribution in [0.1, 0.15) is 11.3 Å². The van der Waals surface area contributed by atoms with Crippen molar-refractivity contribution < 1.29 is 23.4 Å². The fraction of sp³-hybridized carbons (Fsp3) is 0.150. The van der Waals surface area contributed by atoms with E-state index in [1.54, 1.807) is 13.2 Å². The van der Waals surface area contributed by atoms with Crippen LogP contribution in [0.3, 0.4) is 0 Å². The lowest BCUT2D eigenvalue weighted by Gasteiger charge is -2.03. The van der Waals surface area contributed by atoms with Crippen molar-refractivity contribution in [2.75, 3.05) is 13.9 Å². The number of furan rings is 1. The largest absolute Gasteiger partial charge is 0.493 e. The number of nitrogens with one attached hydrogen (secondary N) is 1. The van der Waals surface area contributed by atoms with E-state index in [-0.39, 0.29) is 12.7 Å². The Balaban J connectivity index is 1.40. The normalized spacial score (nSPS) is 12.7. The topological polar surface area (TPSA) is 69.9 Å².